The first-order valence-electron chi connectivity index (χ1n) is 5.78. The number of benzene rings is 2. The highest BCUT2D eigenvalue weighted by molar-refractivity contribution is 9.10. The summed E-state index contributed by atoms with van der Waals surface area (Å²) < 4.78 is 14.0. The number of nitrogens with zero attached hydrogens (tertiary/aromatic N) is 1. The van der Waals surface area contributed by atoms with Crippen LogP contribution in [0.5, 0.6) is 0 Å². The Bertz CT molecular complexity index is 702. The number of rotatable bonds is 2. The molecule has 0 fully saturated rings. The highest BCUT2D eigenvalue weighted by Gasteiger charge is 2.11. The summed E-state index contributed by atoms with van der Waals surface area (Å²) in [6.45, 7) is 1.71. The van der Waals surface area contributed by atoms with E-state index < -0.39 is 11.7 Å². The Hall–Kier alpha value is -2.19. The molecule has 1 N–H and O–H groups in total. The van der Waals surface area contributed by atoms with Crippen molar-refractivity contribution < 1.29 is 9.18 Å². The van der Waals surface area contributed by atoms with E-state index in [2.05, 4.69) is 21.2 Å². The Morgan fingerprint density at radius 1 is 1.30 bits per heavy atom. The molecule has 20 heavy (non-hydrogen) atoms. The van der Waals surface area contributed by atoms with Crippen molar-refractivity contribution in [1.29, 1.82) is 5.26 Å². The molecule has 0 unspecified atom stereocenters. The van der Waals surface area contributed by atoms with Gasteiger partial charge in [-0.15, -0.1) is 0 Å². The number of halogens is 2. The van der Waals surface area contributed by atoms with E-state index in [1.165, 1.54) is 6.07 Å². The Balaban J connectivity index is 2.30. The fraction of sp³-hybridized carbons (Fsp3) is 0.0667. The van der Waals surface area contributed by atoms with Gasteiger partial charge in [-0.2, -0.15) is 5.26 Å². The molecule has 0 aliphatic heterocycles. The predicted octanol–water partition coefficient (Wildman–Crippen LogP) is 4.02. The Labute approximate surface area is 124 Å². The molecule has 2 aromatic rings. The van der Waals surface area contributed by atoms with Gasteiger partial charge in [-0.25, -0.2) is 4.39 Å². The first-order valence-corrected chi connectivity index (χ1v) is 6.57. The fourth-order valence-corrected chi connectivity index (χ4v) is 2.14. The van der Waals surface area contributed by atoms with Crippen LogP contribution in [0.25, 0.3) is 0 Å². The van der Waals surface area contributed by atoms with Crippen LogP contribution in [-0.4, -0.2) is 5.91 Å². The second kappa shape index (κ2) is 5.85. The van der Waals surface area contributed by atoms with E-state index in [9.17, 15) is 9.18 Å². The number of hydrogen-bond acceptors (Lipinski definition) is 2. The van der Waals surface area contributed by atoms with Gasteiger partial charge in [0.25, 0.3) is 5.91 Å². The van der Waals surface area contributed by atoms with Crippen LogP contribution in [0.3, 0.4) is 0 Å². The fourth-order valence-electron chi connectivity index (χ4n) is 1.78. The molecule has 0 bridgehead atoms. The van der Waals surface area contributed by atoms with Crippen molar-refractivity contribution in [2.24, 2.45) is 0 Å². The molecule has 0 aliphatic carbocycles. The van der Waals surface area contributed by atoms with Gasteiger partial charge in [0.2, 0.25) is 0 Å². The largest absolute Gasteiger partial charge is 0.321 e. The van der Waals surface area contributed by atoms with Crippen molar-refractivity contribution in [3.63, 3.8) is 0 Å². The Morgan fingerprint density at radius 3 is 2.70 bits per heavy atom. The van der Waals surface area contributed by atoms with Gasteiger partial charge in [-0.1, -0.05) is 15.9 Å². The minimum absolute atomic E-state index is 0.217. The summed E-state index contributed by atoms with van der Waals surface area (Å²) in [5, 5.41) is 11.6. The molecule has 0 aliphatic rings. The summed E-state index contributed by atoms with van der Waals surface area (Å²) in [6, 6.07) is 11.0. The van der Waals surface area contributed by atoms with E-state index in [0.717, 1.165) is 10.5 Å². The van der Waals surface area contributed by atoms with Crippen molar-refractivity contribution in [2.45, 2.75) is 6.92 Å². The molecule has 2 aromatic carbocycles. The maximum absolute atomic E-state index is 13.3. The van der Waals surface area contributed by atoms with Crippen LogP contribution in [-0.2, 0) is 0 Å². The summed E-state index contributed by atoms with van der Waals surface area (Å²) in [7, 11) is 0. The highest BCUT2D eigenvalue weighted by atomic mass is 79.9. The summed E-state index contributed by atoms with van der Waals surface area (Å²) in [6.07, 6.45) is 0. The lowest BCUT2D eigenvalue weighted by Gasteiger charge is -2.08. The normalized spacial score (nSPS) is 9.90. The lowest BCUT2D eigenvalue weighted by Crippen LogP contribution is -2.13. The minimum Gasteiger partial charge on any atom is -0.321 e. The third kappa shape index (κ3) is 3.22. The lowest BCUT2D eigenvalue weighted by molar-refractivity contribution is 0.102. The number of nitrogens with one attached hydrogen (secondary N) is 1. The van der Waals surface area contributed by atoms with Crippen LogP contribution >= 0.6 is 15.9 Å². The average molecular weight is 333 g/mol. The number of aryl methyl sites for hydroxylation is 1. The molecule has 3 nitrogen and oxygen atoms in total. The molecule has 0 heterocycles. The van der Waals surface area contributed by atoms with Crippen molar-refractivity contribution in [2.75, 3.05) is 5.32 Å². The van der Waals surface area contributed by atoms with Gasteiger partial charge >= 0.3 is 0 Å². The maximum Gasteiger partial charge on any atom is 0.255 e. The molecule has 0 saturated heterocycles. The molecular formula is C15H10BrFN2O. The molecule has 1 amide bonds. The second-order valence-electron chi connectivity index (χ2n) is 4.27. The minimum atomic E-state index is -0.466. The molecule has 100 valence electrons. The molecule has 0 aromatic heterocycles. The van der Waals surface area contributed by atoms with Gasteiger partial charge in [0.15, 0.2) is 0 Å². The molecule has 2 rings (SSSR count). The summed E-state index contributed by atoms with van der Waals surface area (Å²) in [5.41, 5.74) is 1.60. The van der Waals surface area contributed by atoms with Crippen LogP contribution < -0.4 is 5.32 Å². The second-order valence-corrected chi connectivity index (χ2v) is 5.19. The van der Waals surface area contributed by atoms with Crippen molar-refractivity contribution >= 4 is 27.5 Å². The molecule has 0 atom stereocenters. The molecule has 0 saturated carbocycles. The number of anilines is 1. The standard InChI is InChI=1S/C15H10BrFN2O/c1-9-4-10(7-13(17)5-9)15(20)19-14-3-2-12(16)6-11(14)8-18/h2-7H,1H3,(H,19,20). The van der Waals surface area contributed by atoms with Gasteiger partial charge in [-0.3, -0.25) is 4.79 Å². The maximum atomic E-state index is 13.3. The third-order valence-corrected chi connectivity index (χ3v) is 3.15. The van der Waals surface area contributed by atoms with E-state index in [0.29, 0.717) is 16.8 Å². The van der Waals surface area contributed by atoms with Crippen LogP contribution in [0.1, 0.15) is 21.5 Å². The SMILES string of the molecule is Cc1cc(F)cc(C(=O)Nc2ccc(Br)cc2C#N)c1. The highest BCUT2D eigenvalue weighted by Crippen LogP contribution is 2.21. The van der Waals surface area contributed by atoms with Crippen LogP contribution in [0.4, 0.5) is 10.1 Å². The van der Waals surface area contributed by atoms with Gasteiger partial charge in [0, 0.05) is 10.0 Å². The van der Waals surface area contributed by atoms with E-state index >= 15 is 0 Å². The van der Waals surface area contributed by atoms with Crippen molar-refractivity contribution in [3.8, 4) is 6.07 Å². The number of hydrogen-bond donors (Lipinski definition) is 1. The van der Waals surface area contributed by atoms with Crippen molar-refractivity contribution in [3.05, 3.63) is 63.4 Å². The topological polar surface area (TPSA) is 52.9 Å². The van der Waals surface area contributed by atoms with Crippen LogP contribution in [0.15, 0.2) is 40.9 Å². The molecular weight excluding hydrogens is 323 g/mol. The summed E-state index contributed by atoms with van der Waals surface area (Å²) in [4.78, 5) is 12.1. The molecule has 0 spiro atoms. The zero-order chi connectivity index (χ0) is 14.7. The molecule has 5 heteroatoms. The van der Waals surface area contributed by atoms with E-state index in [4.69, 9.17) is 5.26 Å². The monoisotopic (exact) mass is 332 g/mol. The van der Waals surface area contributed by atoms with Crippen LogP contribution in [0.2, 0.25) is 0 Å². The Morgan fingerprint density at radius 2 is 2.05 bits per heavy atom. The zero-order valence-corrected chi connectivity index (χ0v) is 12.2. The van der Waals surface area contributed by atoms with Gasteiger partial charge < -0.3 is 5.32 Å². The third-order valence-electron chi connectivity index (χ3n) is 2.65. The number of carbonyl (C=O) groups excluding carboxylic acids is 1. The Kier molecular flexibility index (Phi) is 4.16. The van der Waals surface area contributed by atoms with E-state index in [-0.39, 0.29) is 5.56 Å². The predicted molar refractivity (Wildman–Crippen MR) is 77.9 cm³/mol. The quantitative estimate of drug-likeness (QED) is 0.902. The van der Waals surface area contributed by atoms with Gasteiger partial charge in [-0.05, 0) is 48.9 Å². The number of carbonyl (C=O) groups is 1. The average Bonchev–Trinajstić information content (AvgIpc) is 2.39. The smallest absolute Gasteiger partial charge is 0.255 e. The summed E-state index contributed by atoms with van der Waals surface area (Å²) in [5.74, 6) is -0.919. The lowest BCUT2D eigenvalue weighted by atomic mass is 10.1. The zero-order valence-electron chi connectivity index (χ0n) is 10.6. The van der Waals surface area contributed by atoms with E-state index in [1.807, 2.05) is 6.07 Å². The summed E-state index contributed by atoms with van der Waals surface area (Å²) >= 11 is 3.25. The van der Waals surface area contributed by atoms with Crippen LogP contribution in [0, 0.1) is 24.1 Å². The van der Waals surface area contributed by atoms with Gasteiger partial charge in [0.1, 0.15) is 11.9 Å². The molecule has 0 radical (unpaired) electrons. The first kappa shape index (κ1) is 14.2. The number of nitriles is 1. The van der Waals surface area contributed by atoms with Crippen molar-refractivity contribution in [1.82, 2.24) is 0 Å². The van der Waals surface area contributed by atoms with E-state index in [1.54, 1.807) is 31.2 Å². The number of amides is 1. The van der Waals surface area contributed by atoms with Gasteiger partial charge in [0.05, 0.1) is 11.3 Å². The first-order chi connectivity index (χ1) is 9.49.